The van der Waals surface area contributed by atoms with E-state index < -0.39 is 0 Å². The van der Waals surface area contributed by atoms with Crippen LogP contribution in [0.15, 0.2) is 42.5 Å². The highest BCUT2D eigenvalue weighted by Crippen LogP contribution is 2.23. The van der Waals surface area contributed by atoms with Crippen LogP contribution in [-0.4, -0.2) is 5.78 Å². The van der Waals surface area contributed by atoms with Crippen LogP contribution < -0.4 is 10.5 Å². The third-order valence-electron chi connectivity index (χ3n) is 2.69. The van der Waals surface area contributed by atoms with Crippen molar-refractivity contribution in [2.45, 2.75) is 13.5 Å². The maximum Gasteiger partial charge on any atom is 0.163 e. The lowest BCUT2D eigenvalue weighted by Gasteiger charge is -2.10. The number of nitrogens with two attached hydrogens (primary N) is 1. The van der Waals surface area contributed by atoms with Gasteiger partial charge in [-0.25, -0.2) is 0 Å². The van der Waals surface area contributed by atoms with Crippen LogP contribution in [-0.2, 0) is 6.61 Å². The minimum atomic E-state index is -0.0510. The van der Waals surface area contributed by atoms with Crippen molar-refractivity contribution in [2.24, 2.45) is 0 Å². The summed E-state index contributed by atoms with van der Waals surface area (Å²) in [6.07, 6.45) is 0. The first kappa shape index (κ1) is 13.9. The van der Waals surface area contributed by atoms with Crippen LogP contribution in [0.5, 0.6) is 5.75 Å². The van der Waals surface area contributed by atoms with E-state index in [9.17, 15) is 4.79 Å². The smallest absolute Gasteiger partial charge is 0.163 e. The van der Waals surface area contributed by atoms with E-state index in [4.69, 9.17) is 10.5 Å². The Hall–Kier alpha value is -1.56. The molecule has 0 aliphatic heterocycles. The van der Waals surface area contributed by atoms with Gasteiger partial charge in [-0.05, 0) is 65.4 Å². The molecule has 0 amide bonds. The van der Waals surface area contributed by atoms with Crippen molar-refractivity contribution in [2.75, 3.05) is 5.73 Å². The highest BCUT2D eigenvalue weighted by molar-refractivity contribution is 14.1. The number of anilines is 1. The maximum atomic E-state index is 11.5. The summed E-state index contributed by atoms with van der Waals surface area (Å²) in [5.41, 5.74) is 7.82. The second-order valence-electron chi connectivity index (χ2n) is 4.23. The number of hydrogen-bond acceptors (Lipinski definition) is 3. The van der Waals surface area contributed by atoms with E-state index in [1.165, 1.54) is 10.5 Å². The van der Waals surface area contributed by atoms with Crippen molar-refractivity contribution >= 4 is 34.1 Å². The summed E-state index contributed by atoms with van der Waals surface area (Å²) in [5.74, 6) is 0.519. The van der Waals surface area contributed by atoms with E-state index >= 15 is 0 Å². The lowest BCUT2D eigenvalue weighted by molar-refractivity contribution is 0.101. The molecular formula is C15H14INO2. The number of carbonyl (C=O) groups is 1. The summed E-state index contributed by atoms with van der Waals surface area (Å²) in [7, 11) is 0. The van der Waals surface area contributed by atoms with Gasteiger partial charge in [-0.2, -0.15) is 0 Å². The minimum absolute atomic E-state index is 0.0510. The molecule has 0 bridgehead atoms. The second-order valence-corrected chi connectivity index (χ2v) is 5.47. The van der Waals surface area contributed by atoms with Crippen LogP contribution in [0.2, 0.25) is 0 Å². The molecule has 0 fully saturated rings. The van der Waals surface area contributed by atoms with Gasteiger partial charge in [0, 0.05) is 9.26 Å². The average Bonchev–Trinajstić information content (AvgIpc) is 2.39. The molecule has 0 heterocycles. The molecule has 4 heteroatoms. The summed E-state index contributed by atoms with van der Waals surface area (Å²) in [6.45, 7) is 1.94. The molecule has 2 aromatic rings. The van der Waals surface area contributed by atoms with Crippen molar-refractivity contribution in [3.8, 4) is 5.75 Å². The van der Waals surface area contributed by atoms with Crippen molar-refractivity contribution in [3.05, 3.63) is 57.2 Å². The van der Waals surface area contributed by atoms with E-state index in [1.54, 1.807) is 18.2 Å². The van der Waals surface area contributed by atoms with Gasteiger partial charge in [-0.3, -0.25) is 4.79 Å². The highest BCUT2D eigenvalue weighted by Gasteiger charge is 2.09. The molecule has 0 saturated carbocycles. The highest BCUT2D eigenvalue weighted by atomic mass is 127. The van der Waals surface area contributed by atoms with E-state index in [0.29, 0.717) is 23.6 Å². The van der Waals surface area contributed by atoms with Crippen LogP contribution in [0.1, 0.15) is 22.8 Å². The molecule has 0 atom stereocenters. The first-order valence-electron chi connectivity index (χ1n) is 5.84. The van der Waals surface area contributed by atoms with E-state index in [2.05, 4.69) is 22.6 Å². The fourth-order valence-electron chi connectivity index (χ4n) is 1.69. The Morgan fingerprint density at radius 1 is 1.21 bits per heavy atom. The Kier molecular flexibility index (Phi) is 4.42. The summed E-state index contributed by atoms with van der Waals surface area (Å²) in [4.78, 5) is 11.5. The number of carbonyl (C=O) groups excluding carboxylic acids is 1. The van der Waals surface area contributed by atoms with Crippen molar-refractivity contribution in [1.29, 1.82) is 0 Å². The van der Waals surface area contributed by atoms with Crippen LogP contribution >= 0.6 is 22.6 Å². The molecule has 0 radical (unpaired) electrons. The Bertz CT molecular complexity index is 594. The number of ether oxygens (including phenoxy) is 1. The summed E-state index contributed by atoms with van der Waals surface area (Å²) in [5, 5.41) is 0. The van der Waals surface area contributed by atoms with Gasteiger partial charge in [0.05, 0.1) is 5.56 Å². The third-order valence-corrected chi connectivity index (χ3v) is 3.41. The molecule has 0 saturated heterocycles. The van der Waals surface area contributed by atoms with Gasteiger partial charge in [0.15, 0.2) is 5.78 Å². The molecule has 0 unspecified atom stereocenters. The molecule has 0 spiro atoms. The Labute approximate surface area is 125 Å². The Morgan fingerprint density at radius 2 is 1.89 bits per heavy atom. The fraction of sp³-hybridized carbons (Fsp3) is 0.133. The van der Waals surface area contributed by atoms with Gasteiger partial charge in [-0.15, -0.1) is 0 Å². The normalized spacial score (nSPS) is 10.2. The first-order valence-corrected chi connectivity index (χ1v) is 6.92. The predicted molar refractivity (Wildman–Crippen MR) is 84.3 cm³/mol. The largest absolute Gasteiger partial charge is 0.488 e. The number of halogens is 1. The standard InChI is InChI=1S/C15H14INO2/c1-10(18)14-8-13(17)6-7-15(14)19-9-11-2-4-12(16)5-3-11/h2-8H,9,17H2,1H3. The van der Waals surface area contributed by atoms with Gasteiger partial charge < -0.3 is 10.5 Å². The first-order chi connectivity index (χ1) is 9.06. The molecule has 2 rings (SSSR count). The minimum Gasteiger partial charge on any atom is -0.488 e. The van der Waals surface area contributed by atoms with E-state index in [1.807, 2.05) is 24.3 Å². The molecule has 0 aliphatic rings. The number of Topliss-reactive ketones (excluding diaryl/α,β-unsaturated/α-hetero) is 1. The summed E-state index contributed by atoms with van der Waals surface area (Å²) < 4.78 is 6.88. The predicted octanol–water partition coefficient (Wildman–Crippen LogP) is 3.66. The van der Waals surface area contributed by atoms with E-state index in [-0.39, 0.29) is 5.78 Å². The van der Waals surface area contributed by atoms with Gasteiger partial charge in [0.25, 0.3) is 0 Å². The van der Waals surface area contributed by atoms with Crippen LogP contribution in [0, 0.1) is 3.57 Å². The summed E-state index contributed by atoms with van der Waals surface area (Å²) in [6, 6.07) is 13.2. The van der Waals surface area contributed by atoms with Crippen LogP contribution in [0.4, 0.5) is 5.69 Å². The quantitative estimate of drug-likeness (QED) is 0.510. The Morgan fingerprint density at radius 3 is 2.53 bits per heavy atom. The van der Waals surface area contributed by atoms with Crippen LogP contribution in [0.3, 0.4) is 0 Å². The number of nitrogen functional groups attached to an aromatic ring is 1. The number of benzene rings is 2. The number of hydrogen-bond donors (Lipinski definition) is 1. The van der Waals surface area contributed by atoms with Crippen molar-refractivity contribution < 1.29 is 9.53 Å². The van der Waals surface area contributed by atoms with Gasteiger partial charge in [0.1, 0.15) is 12.4 Å². The molecular weight excluding hydrogens is 353 g/mol. The molecule has 19 heavy (non-hydrogen) atoms. The molecule has 98 valence electrons. The number of ketones is 1. The lowest BCUT2D eigenvalue weighted by atomic mass is 10.1. The van der Waals surface area contributed by atoms with Crippen molar-refractivity contribution in [3.63, 3.8) is 0 Å². The third kappa shape index (κ3) is 3.70. The zero-order valence-corrected chi connectivity index (χ0v) is 12.7. The SMILES string of the molecule is CC(=O)c1cc(N)ccc1OCc1ccc(I)cc1. The molecule has 2 N–H and O–H groups in total. The Balaban J connectivity index is 2.15. The average molecular weight is 367 g/mol. The maximum absolute atomic E-state index is 11.5. The lowest BCUT2D eigenvalue weighted by Crippen LogP contribution is -2.02. The molecule has 0 aliphatic carbocycles. The van der Waals surface area contributed by atoms with Gasteiger partial charge in [0.2, 0.25) is 0 Å². The molecule has 3 nitrogen and oxygen atoms in total. The fourth-order valence-corrected chi connectivity index (χ4v) is 2.05. The van der Waals surface area contributed by atoms with Crippen molar-refractivity contribution in [1.82, 2.24) is 0 Å². The molecule has 0 aromatic heterocycles. The second kappa shape index (κ2) is 6.06. The summed E-state index contributed by atoms with van der Waals surface area (Å²) >= 11 is 2.25. The zero-order chi connectivity index (χ0) is 13.8. The zero-order valence-electron chi connectivity index (χ0n) is 10.5. The monoisotopic (exact) mass is 367 g/mol. The van der Waals surface area contributed by atoms with Gasteiger partial charge in [-0.1, -0.05) is 12.1 Å². The number of rotatable bonds is 4. The topological polar surface area (TPSA) is 52.3 Å². The van der Waals surface area contributed by atoms with Gasteiger partial charge >= 0.3 is 0 Å². The molecule has 2 aromatic carbocycles. The van der Waals surface area contributed by atoms with E-state index in [0.717, 1.165) is 5.56 Å². The van der Waals surface area contributed by atoms with Crippen LogP contribution in [0.25, 0.3) is 0 Å².